The number of hydrogen-bond donors (Lipinski definition) is 0. The molecule has 6 nitrogen and oxygen atoms in total. The lowest BCUT2D eigenvalue weighted by Crippen LogP contribution is -2.30. The Morgan fingerprint density at radius 1 is 1.28 bits per heavy atom. The van der Waals surface area contributed by atoms with Crippen molar-refractivity contribution in [3.63, 3.8) is 0 Å². The number of rotatable bonds is 3. The summed E-state index contributed by atoms with van der Waals surface area (Å²) in [6, 6.07) is 4.32. The number of fused-ring (bicyclic) bond motifs is 1. The molecule has 1 fully saturated rings. The van der Waals surface area contributed by atoms with Gasteiger partial charge in [0.1, 0.15) is 5.56 Å². The van der Waals surface area contributed by atoms with E-state index >= 15 is 0 Å². The van der Waals surface area contributed by atoms with E-state index in [1.54, 1.807) is 7.11 Å². The van der Waals surface area contributed by atoms with Crippen LogP contribution in [0.3, 0.4) is 0 Å². The Labute approximate surface area is 147 Å². The van der Waals surface area contributed by atoms with Crippen LogP contribution in [0.5, 0.6) is 5.88 Å². The fourth-order valence-corrected chi connectivity index (χ4v) is 4.07. The average Bonchev–Trinajstić information content (AvgIpc) is 3.31. The van der Waals surface area contributed by atoms with Gasteiger partial charge in [0.2, 0.25) is 5.88 Å². The van der Waals surface area contributed by atoms with Gasteiger partial charge in [0.25, 0.3) is 5.91 Å². The minimum absolute atomic E-state index is 0.0167. The number of carbonyl (C=O) groups is 1. The molecule has 3 heterocycles. The molecular formula is C19H24N4O2. The highest BCUT2D eigenvalue weighted by molar-refractivity contribution is 5.96. The van der Waals surface area contributed by atoms with E-state index in [-0.39, 0.29) is 11.9 Å². The standard InChI is InChI=1S/C19H24N4O2/c1-12-9-13(2)23(21-12)15-7-8-22(11-15)19(24)16-10-14-5-4-6-17(14)20-18(16)25-3/h9-10,15H,4-8,11H2,1-3H3/t15-/m0/s1. The first-order chi connectivity index (χ1) is 12.1. The van der Waals surface area contributed by atoms with Gasteiger partial charge in [-0.25, -0.2) is 4.98 Å². The number of methoxy groups -OCH3 is 1. The second kappa shape index (κ2) is 6.17. The smallest absolute Gasteiger partial charge is 0.259 e. The number of amides is 1. The normalized spacial score (nSPS) is 19.3. The lowest BCUT2D eigenvalue weighted by Gasteiger charge is -2.19. The van der Waals surface area contributed by atoms with Crippen molar-refractivity contribution in [3.8, 4) is 5.88 Å². The number of aromatic nitrogens is 3. The van der Waals surface area contributed by atoms with Crippen molar-refractivity contribution in [2.45, 2.75) is 45.6 Å². The molecule has 2 aliphatic rings. The zero-order chi connectivity index (χ0) is 17.6. The molecule has 25 heavy (non-hydrogen) atoms. The highest BCUT2D eigenvalue weighted by Crippen LogP contribution is 2.30. The number of pyridine rings is 1. The third-order valence-electron chi connectivity index (χ3n) is 5.28. The van der Waals surface area contributed by atoms with Gasteiger partial charge >= 0.3 is 0 Å². The van der Waals surface area contributed by atoms with E-state index in [1.165, 1.54) is 5.56 Å². The van der Waals surface area contributed by atoms with E-state index in [2.05, 4.69) is 27.8 Å². The van der Waals surface area contributed by atoms with E-state index in [4.69, 9.17) is 4.74 Å². The van der Waals surface area contributed by atoms with Crippen LogP contribution in [-0.4, -0.2) is 45.8 Å². The van der Waals surface area contributed by atoms with Crippen molar-refractivity contribution in [1.82, 2.24) is 19.7 Å². The molecule has 4 rings (SSSR count). The van der Waals surface area contributed by atoms with Crippen molar-refractivity contribution >= 4 is 5.91 Å². The Morgan fingerprint density at radius 3 is 2.84 bits per heavy atom. The third kappa shape index (κ3) is 2.79. The van der Waals surface area contributed by atoms with Gasteiger partial charge in [0, 0.05) is 24.5 Å². The Kier molecular flexibility index (Phi) is 3.98. The molecular weight excluding hydrogens is 316 g/mol. The van der Waals surface area contributed by atoms with Crippen LogP contribution >= 0.6 is 0 Å². The lowest BCUT2D eigenvalue weighted by molar-refractivity contribution is 0.0782. The highest BCUT2D eigenvalue weighted by Gasteiger charge is 2.31. The molecule has 1 aliphatic carbocycles. The summed E-state index contributed by atoms with van der Waals surface area (Å²) >= 11 is 0. The van der Waals surface area contributed by atoms with Crippen molar-refractivity contribution in [2.75, 3.05) is 20.2 Å². The number of carbonyl (C=O) groups excluding carboxylic acids is 1. The summed E-state index contributed by atoms with van der Waals surface area (Å²) in [5.41, 5.74) is 5.03. The van der Waals surface area contributed by atoms with Gasteiger partial charge in [-0.05, 0) is 57.2 Å². The summed E-state index contributed by atoms with van der Waals surface area (Å²) < 4.78 is 7.47. The minimum atomic E-state index is 0.0167. The number of hydrogen-bond acceptors (Lipinski definition) is 4. The summed E-state index contributed by atoms with van der Waals surface area (Å²) in [5, 5.41) is 4.58. The average molecular weight is 340 g/mol. The second-order valence-electron chi connectivity index (χ2n) is 7.07. The molecule has 0 bridgehead atoms. The van der Waals surface area contributed by atoms with Crippen molar-refractivity contribution in [3.05, 3.63) is 40.3 Å². The number of ether oxygens (including phenoxy) is 1. The Balaban J connectivity index is 1.57. The van der Waals surface area contributed by atoms with E-state index in [1.807, 2.05) is 17.9 Å². The highest BCUT2D eigenvalue weighted by atomic mass is 16.5. The maximum atomic E-state index is 13.1. The predicted molar refractivity (Wildman–Crippen MR) is 94.1 cm³/mol. The van der Waals surface area contributed by atoms with Crippen LogP contribution in [0.2, 0.25) is 0 Å². The van der Waals surface area contributed by atoms with Crippen LogP contribution in [0.1, 0.15) is 51.9 Å². The molecule has 0 N–H and O–H groups in total. The Morgan fingerprint density at radius 2 is 2.12 bits per heavy atom. The molecule has 2 aromatic heterocycles. The van der Waals surface area contributed by atoms with Gasteiger partial charge in [-0.15, -0.1) is 0 Å². The minimum Gasteiger partial charge on any atom is -0.480 e. The fourth-order valence-electron chi connectivity index (χ4n) is 4.07. The van der Waals surface area contributed by atoms with Gasteiger partial charge < -0.3 is 9.64 Å². The molecule has 132 valence electrons. The van der Waals surface area contributed by atoms with Gasteiger partial charge in [-0.1, -0.05) is 0 Å². The predicted octanol–water partition coefficient (Wildman–Crippen LogP) is 2.48. The molecule has 0 unspecified atom stereocenters. The topological polar surface area (TPSA) is 60.2 Å². The first-order valence-corrected chi connectivity index (χ1v) is 8.95. The van der Waals surface area contributed by atoms with Crippen LogP contribution in [0.15, 0.2) is 12.1 Å². The van der Waals surface area contributed by atoms with E-state index in [0.29, 0.717) is 18.0 Å². The van der Waals surface area contributed by atoms with Gasteiger partial charge in [-0.3, -0.25) is 9.48 Å². The van der Waals surface area contributed by atoms with Gasteiger partial charge in [0.05, 0.1) is 18.8 Å². The third-order valence-corrected chi connectivity index (χ3v) is 5.28. The first kappa shape index (κ1) is 16.1. The maximum absolute atomic E-state index is 13.1. The molecule has 1 saturated heterocycles. The Bertz CT molecular complexity index is 827. The molecule has 6 heteroatoms. The molecule has 0 spiro atoms. The van der Waals surface area contributed by atoms with Crippen molar-refractivity contribution in [1.29, 1.82) is 0 Å². The molecule has 1 amide bonds. The van der Waals surface area contributed by atoms with Crippen LogP contribution in [0, 0.1) is 13.8 Å². The monoisotopic (exact) mass is 340 g/mol. The summed E-state index contributed by atoms with van der Waals surface area (Å²) in [7, 11) is 1.59. The summed E-state index contributed by atoms with van der Waals surface area (Å²) in [6.07, 6.45) is 4.01. The first-order valence-electron chi connectivity index (χ1n) is 8.95. The molecule has 0 radical (unpaired) electrons. The zero-order valence-corrected chi connectivity index (χ0v) is 15.1. The largest absolute Gasteiger partial charge is 0.480 e. The fraction of sp³-hybridized carbons (Fsp3) is 0.526. The number of nitrogens with zero attached hydrogens (tertiary/aromatic N) is 4. The number of likely N-dealkylation sites (tertiary alicyclic amines) is 1. The van der Waals surface area contributed by atoms with Crippen LogP contribution in [-0.2, 0) is 12.8 Å². The van der Waals surface area contributed by atoms with Crippen LogP contribution < -0.4 is 4.74 Å². The van der Waals surface area contributed by atoms with Crippen molar-refractivity contribution < 1.29 is 9.53 Å². The van der Waals surface area contributed by atoms with Crippen LogP contribution in [0.4, 0.5) is 0 Å². The van der Waals surface area contributed by atoms with Crippen molar-refractivity contribution in [2.24, 2.45) is 0 Å². The zero-order valence-electron chi connectivity index (χ0n) is 15.1. The second-order valence-corrected chi connectivity index (χ2v) is 7.07. The molecule has 1 atom stereocenters. The number of aryl methyl sites for hydroxylation is 4. The molecule has 0 saturated carbocycles. The van der Waals surface area contributed by atoms with E-state index < -0.39 is 0 Å². The molecule has 0 aromatic carbocycles. The summed E-state index contributed by atoms with van der Waals surface area (Å²) in [4.78, 5) is 19.5. The summed E-state index contributed by atoms with van der Waals surface area (Å²) in [5.74, 6) is 0.475. The molecule has 1 aliphatic heterocycles. The van der Waals surface area contributed by atoms with E-state index in [0.717, 1.165) is 49.3 Å². The van der Waals surface area contributed by atoms with Gasteiger partial charge in [-0.2, -0.15) is 5.10 Å². The molecule has 2 aromatic rings. The lowest BCUT2D eigenvalue weighted by atomic mass is 10.1. The maximum Gasteiger partial charge on any atom is 0.259 e. The Hall–Kier alpha value is -2.37. The quantitative estimate of drug-likeness (QED) is 0.861. The van der Waals surface area contributed by atoms with E-state index in [9.17, 15) is 4.79 Å². The summed E-state index contributed by atoms with van der Waals surface area (Å²) in [6.45, 7) is 5.49. The van der Waals surface area contributed by atoms with Crippen LogP contribution in [0.25, 0.3) is 0 Å². The SMILES string of the molecule is COc1nc2c(cc1C(=O)N1CC[C@H](n3nc(C)cc3C)C1)CCC2. The van der Waals surface area contributed by atoms with Gasteiger partial charge in [0.15, 0.2) is 0 Å².